The molecule has 1 N–H and O–H groups in total. The number of rotatable bonds is 7. The predicted octanol–water partition coefficient (Wildman–Crippen LogP) is 4.08. The highest BCUT2D eigenvalue weighted by molar-refractivity contribution is 5.14. The summed E-state index contributed by atoms with van der Waals surface area (Å²) in [5.74, 6) is 0. The lowest BCUT2D eigenvalue weighted by molar-refractivity contribution is 0.502. The number of nitrogens with one attached hydrogen (secondary N) is 1. The second-order valence-electron chi connectivity index (χ2n) is 4.89. The van der Waals surface area contributed by atoms with E-state index in [1.807, 2.05) is 6.07 Å². The maximum absolute atomic E-state index is 3.99. The van der Waals surface area contributed by atoms with E-state index in [0.29, 0.717) is 6.04 Å². The normalized spacial score (nSPS) is 10.5. The highest BCUT2D eigenvalue weighted by atomic mass is 14.9. The molecule has 17 heavy (non-hydrogen) atoms. The molecule has 0 radical (unpaired) electrons. The summed E-state index contributed by atoms with van der Waals surface area (Å²) in [6.07, 6.45) is 2.03. The summed E-state index contributed by atoms with van der Waals surface area (Å²) in [5, 5.41) is 3.58. The monoisotopic (exact) mass is 229 g/mol. The van der Waals surface area contributed by atoms with E-state index in [1.54, 1.807) is 0 Å². The van der Waals surface area contributed by atoms with Crippen molar-refractivity contribution in [2.75, 3.05) is 0 Å². The summed E-state index contributed by atoms with van der Waals surface area (Å²) in [5.41, 5.74) is 3.76. The van der Waals surface area contributed by atoms with Gasteiger partial charge >= 0.3 is 0 Å². The van der Waals surface area contributed by atoms with Gasteiger partial charge in [-0.3, -0.25) is 0 Å². The Morgan fingerprint density at radius 3 is 2.06 bits per heavy atom. The largest absolute Gasteiger partial charge is 0.309 e. The van der Waals surface area contributed by atoms with Crippen molar-refractivity contribution in [1.82, 2.24) is 5.32 Å². The van der Waals surface area contributed by atoms with Crippen LogP contribution >= 0.6 is 0 Å². The molecule has 0 heterocycles. The minimum Gasteiger partial charge on any atom is -0.309 e. The first kappa shape index (κ1) is 13.7. The molecule has 0 saturated carbocycles. The molecule has 0 aliphatic carbocycles. The third kappa shape index (κ3) is 6.08. The molecule has 1 rings (SSSR count). The summed E-state index contributed by atoms with van der Waals surface area (Å²) >= 11 is 0. The van der Waals surface area contributed by atoms with Crippen molar-refractivity contribution < 1.29 is 0 Å². The van der Waals surface area contributed by atoms with E-state index >= 15 is 0 Å². The van der Waals surface area contributed by atoms with Crippen LogP contribution in [-0.4, -0.2) is 6.04 Å². The van der Waals surface area contributed by atoms with Crippen LogP contribution in [0, 0.1) is 0 Å². The topological polar surface area (TPSA) is 12.0 Å². The van der Waals surface area contributed by atoms with Crippen molar-refractivity contribution in [3.05, 3.63) is 60.2 Å². The van der Waals surface area contributed by atoms with Crippen LogP contribution < -0.4 is 5.32 Å². The lowest BCUT2D eigenvalue weighted by Gasteiger charge is -2.19. The van der Waals surface area contributed by atoms with E-state index in [2.05, 4.69) is 56.6 Å². The number of hydrogen-bond donors (Lipinski definition) is 1. The summed E-state index contributed by atoms with van der Waals surface area (Å²) in [6, 6.07) is 10.9. The van der Waals surface area contributed by atoms with Crippen LogP contribution in [-0.2, 0) is 6.54 Å². The zero-order valence-corrected chi connectivity index (χ0v) is 11.0. The van der Waals surface area contributed by atoms with Gasteiger partial charge in [0.05, 0.1) is 0 Å². The molecular weight excluding hydrogens is 206 g/mol. The van der Waals surface area contributed by atoms with E-state index in [4.69, 9.17) is 0 Å². The molecule has 0 bridgehead atoms. The van der Waals surface area contributed by atoms with Crippen molar-refractivity contribution in [3.8, 4) is 0 Å². The van der Waals surface area contributed by atoms with Crippen molar-refractivity contribution in [2.24, 2.45) is 0 Å². The molecule has 0 spiro atoms. The molecule has 1 aromatic carbocycles. The molecule has 0 unspecified atom stereocenters. The second-order valence-corrected chi connectivity index (χ2v) is 4.89. The Morgan fingerprint density at radius 2 is 1.59 bits per heavy atom. The van der Waals surface area contributed by atoms with Crippen LogP contribution in [0.4, 0.5) is 0 Å². The van der Waals surface area contributed by atoms with Crippen LogP contribution in [0.2, 0.25) is 0 Å². The number of hydrogen-bond acceptors (Lipinski definition) is 1. The first-order valence-electron chi connectivity index (χ1n) is 6.14. The van der Waals surface area contributed by atoms with E-state index in [9.17, 15) is 0 Å². The minimum absolute atomic E-state index is 0.449. The fraction of sp³-hybridized carbons (Fsp3) is 0.375. The highest BCUT2D eigenvalue weighted by Gasteiger charge is 2.08. The smallest absolute Gasteiger partial charge is 0.0208 e. The lowest BCUT2D eigenvalue weighted by Crippen LogP contribution is -2.29. The van der Waals surface area contributed by atoms with Gasteiger partial charge in [0.25, 0.3) is 0 Å². The Kier molecular flexibility index (Phi) is 5.71. The Balaban J connectivity index is 2.48. The van der Waals surface area contributed by atoms with Crippen LogP contribution in [0.25, 0.3) is 0 Å². The van der Waals surface area contributed by atoms with Crippen LogP contribution in [0.15, 0.2) is 54.6 Å². The quantitative estimate of drug-likeness (QED) is 0.695. The third-order valence-corrected chi connectivity index (χ3v) is 2.63. The lowest BCUT2D eigenvalue weighted by atomic mass is 10.0. The molecule has 0 aromatic heterocycles. The van der Waals surface area contributed by atoms with Gasteiger partial charge in [0.15, 0.2) is 0 Å². The standard InChI is InChI=1S/C16H23N/c1-13(2)10-16(11-14(3)4)17-12-15-8-6-5-7-9-15/h5-9,16-17H,1,3,10-12H2,2,4H3. The minimum atomic E-state index is 0.449. The van der Waals surface area contributed by atoms with Gasteiger partial charge in [-0.15, -0.1) is 13.2 Å². The molecule has 0 atom stereocenters. The predicted molar refractivity (Wildman–Crippen MR) is 75.9 cm³/mol. The summed E-state index contributed by atoms with van der Waals surface area (Å²) < 4.78 is 0. The van der Waals surface area contributed by atoms with Gasteiger partial charge in [0.1, 0.15) is 0 Å². The second kappa shape index (κ2) is 7.08. The zero-order chi connectivity index (χ0) is 12.7. The highest BCUT2D eigenvalue weighted by Crippen LogP contribution is 2.11. The van der Waals surface area contributed by atoms with Gasteiger partial charge in [0.2, 0.25) is 0 Å². The SMILES string of the molecule is C=C(C)CC(CC(=C)C)NCc1ccccc1. The van der Waals surface area contributed by atoms with Crippen molar-refractivity contribution >= 4 is 0 Å². The van der Waals surface area contributed by atoms with Gasteiger partial charge in [-0.2, -0.15) is 0 Å². The van der Waals surface area contributed by atoms with Crippen LogP contribution in [0.3, 0.4) is 0 Å². The molecule has 0 aliphatic heterocycles. The van der Waals surface area contributed by atoms with Gasteiger partial charge < -0.3 is 5.32 Å². The fourth-order valence-corrected chi connectivity index (χ4v) is 1.92. The summed E-state index contributed by atoms with van der Waals surface area (Å²) in [4.78, 5) is 0. The van der Waals surface area contributed by atoms with E-state index in [0.717, 1.165) is 19.4 Å². The van der Waals surface area contributed by atoms with Crippen LogP contribution in [0.1, 0.15) is 32.3 Å². The molecule has 1 aromatic rings. The number of benzene rings is 1. The maximum Gasteiger partial charge on any atom is 0.0208 e. The molecule has 0 saturated heterocycles. The Bertz CT molecular complexity index is 348. The Labute approximate surface area is 105 Å². The van der Waals surface area contributed by atoms with Gasteiger partial charge in [-0.1, -0.05) is 41.5 Å². The molecule has 0 fully saturated rings. The molecule has 1 heteroatoms. The average Bonchev–Trinajstić information content (AvgIpc) is 2.26. The zero-order valence-electron chi connectivity index (χ0n) is 11.0. The molecule has 0 aliphatic rings. The van der Waals surface area contributed by atoms with Gasteiger partial charge in [-0.05, 0) is 32.3 Å². The first-order valence-corrected chi connectivity index (χ1v) is 6.14. The van der Waals surface area contributed by atoms with Gasteiger partial charge in [-0.25, -0.2) is 0 Å². The van der Waals surface area contributed by atoms with Crippen LogP contribution in [0.5, 0.6) is 0 Å². The molecule has 92 valence electrons. The summed E-state index contributed by atoms with van der Waals surface area (Å²) in [7, 11) is 0. The van der Waals surface area contributed by atoms with Crippen molar-refractivity contribution in [1.29, 1.82) is 0 Å². The third-order valence-electron chi connectivity index (χ3n) is 2.63. The van der Waals surface area contributed by atoms with E-state index in [-0.39, 0.29) is 0 Å². The first-order chi connectivity index (χ1) is 8.08. The molecular formula is C16H23N. The average molecular weight is 229 g/mol. The van der Waals surface area contributed by atoms with E-state index in [1.165, 1.54) is 16.7 Å². The maximum atomic E-state index is 3.99. The molecule has 0 amide bonds. The summed E-state index contributed by atoms with van der Waals surface area (Å²) in [6.45, 7) is 13.0. The van der Waals surface area contributed by atoms with Crippen molar-refractivity contribution in [3.63, 3.8) is 0 Å². The Morgan fingerprint density at radius 1 is 1.06 bits per heavy atom. The van der Waals surface area contributed by atoms with E-state index < -0.39 is 0 Å². The van der Waals surface area contributed by atoms with Gasteiger partial charge in [0, 0.05) is 12.6 Å². The fourth-order valence-electron chi connectivity index (χ4n) is 1.92. The van der Waals surface area contributed by atoms with Crippen molar-refractivity contribution in [2.45, 2.75) is 39.3 Å². The molecule has 1 nitrogen and oxygen atoms in total. The Hall–Kier alpha value is -1.34.